The predicted molar refractivity (Wildman–Crippen MR) is 113 cm³/mol. The third-order valence-electron chi connectivity index (χ3n) is 5.26. The summed E-state index contributed by atoms with van der Waals surface area (Å²) in [5, 5.41) is 9.19. The van der Waals surface area contributed by atoms with E-state index in [-0.39, 0.29) is 5.78 Å². The molecule has 3 rings (SSSR count). The minimum Gasteiger partial charge on any atom is -0.478 e. The molecule has 0 saturated carbocycles. The molecule has 0 aliphatic carbocycles. The second kappa shape index (κ2) is 7.43. The van der Waals surface area contributed by atoms with E-state index in [0.717, 1.165) is 50.1 Å². The summed E-state index contributed by atoms with van der Waals surface area (Å²) in [6.07, 6.45) is 0. The highest BCUT2D eigenvalue weighted by atomic mass is 16.4. The predicted octanol–water partition coefficient (Wildman–Crippen LogP) is 6.16. The van der Waals surface area contributed by atoms with Crippen molar-refractivity contribution >= 4 is 11.8 Å². The summed E-state index contributed by atoms with van der Waals surface area (Å²) in [5.41, 5.74) is 9.72. The number of aromatic carboxylic acids is 1. The average Bonchev–Trinajstić information content (AvgIpc) is 2.63. The maximum absolute atomic E-state index is 11.6. The van der Waals surface area contributed by atoms with Gasteiger partial charge in [0.25, 0.3) is 0 Å². The molecule has 0 spiro atoms. The lowest BCUT2D eigenvalue weighted by Crippen LogP contribution is -1.99. The molecule has 0 radical (unpaired) electrons. The van der Waals surface area contributed by atoms with E-state index in [1.807, 2.05) is 38.1 Å². The SMILES string of the molecule is CC(=O)c1ccc(-c2cc(C)c(-c3ccc(C(=O)O)cc3C)cc2C)c(C)c1. The average molecular weight is 372 g/mol. The first kappa shape index (κ1) is 19.6. The van der Waals surface area contributed by atoms with Gasteiger partial charge in [-0.05, 0) is 97.3 Å². The van der Waals surface area contributed by atoms with Crippen LogP contribution in [0.4, 0.5) is 0 Å². The van der Waals surface area contributed by atoms with E-state index in [1.54, 1.807) is 19.1 Å². The lowest BCUT2D eigenvalue weighted by atomic mass is 9.88. The Morgan fingerprint density at radius 1 is 0.607 bits per heavy atom. The Kier molecular flexibility index (Phi) is 5.19. The van der Waals surface area contributed by atoms with E-state index in [4.69, 9.17) is 0 Å². The van der Waals surface area contributed by atoms with Gasteiger partial charge in [0.05, 0.1) is 5.56 Å². The summed E-state index contributed by atoms with van der Waals surface area (Å²) >= 11 is 0. The molecule has 1 N–H and O–H groups in total. The van der Waals surface area contributed by atoms with E-state index >= 15 is 0 Å². The summed E-state index contributed by atoms with van der Waals surface area (Å²) in [5.74, 6) is -0.847. The standard InChI is InChI=1S/C25H24O3/c1-14-10-19(18(5)26)6-8-21(14)23-12-17(4)24(13-16(23)3)22-9-7-20(25(27)28)11-15(22)2/h6-13H,1-5H3,(H,27,28). The number of carbonyl (C=O) groups is 2. The van der Waals surface area contributed by atoms with Gasteiger partial charge in [0.15, 0.2) is 5.78 Å². The molecule has 0 heterocycles. The lowest BCUT2D eigenvalue weighted by Gasteiger charge is -2.16. The van der Waals surface area contributed by atoms with E-state index in [0.29, 0.717) is 5.56 Å². The molecule has 0 aliphatic rings. The summed E-state index contributed by atoms with van der Waals surface area (Å²) in [6.45, 7) is 9.70. The summed E-state index contributed by atoms with van der Waals surface area (Å²) < 4.78 is 0. The van der Waals surface area contributed by atoms with Crippen LogP contribution in [0.25, 0.3) is 22.3 Å². The molecule has 0 aliphatic heterocycles. The molecule has 0 aromatic heterocycles. The van der Waals surface area contributed by atoms with E-state index in [2.05, 4.69) is 26.0 Å². The molecule has 0 unspecified atom stereocenters. The fourth-order valence-corrected chi connectivity index (χ4v) is 3.68. The van der Waals surface area contributed by atoms with Gasteiger partial charge in [-0.2, -0.15) is 0 Å². The fraction of sp³-hybridized carbons (Fsp3) is 0.200. The van der Waals surface area contributed by atoms with Gasteiger partial charge in [-0.3, -0.25) is 4.79 Å². The second-order valence-electron chi connectivity index (χ2n) is 7.40. The number of hydrogen-bond donors (Lipinski definition) is 1. The zero-order chi connectivity index (χ0) is 20.6. The van der Waals surface area contributed by atoms with Crippen LogP contribution in [0.15, 0.2) is 48.5 Å². The zero-order valence-electron chi connectivity index (χ0n) is 16.9. The molecular formula is C25H24O3. The molecule has 3 heteroatoms. The number of ketones is 1. The van der Waals surface area contributed by atoms with Crippen LogP contribution >= 0.6 is 0 Å². The van der Waals surface area contributed by atoms with Crippen LogP contribution in [0.1, 0.15) is 49.9 Å². The van der Waals surface area contributed by atoms with E-state index < -0.39 is 5.97 Å². The third-order valence-corrected chi connectivity index (χ3v) is 5.26. The normalized spacial score (nSPS) is 10.8. The van der Waals surface area contributed by atoms with Crippen LogP contribution in [-0.4, -0.2) is 16.9 Å². The molecule has 0 saturated heterocycles. The minimum absolute atomic E-state index is 0.0678. The molecule has 0 atom stereocenters. The Balaban J connectivity index is 2.10. The number of rotatable bonds is 4. The molecule has 3 aromatic carbocycles. The van der Waals surface area contributed by atoms with Crippen LogP contribution in [-0.2, 0) is 0 Å². The quantitative estimate of drug-likeness (QED) is 0.558. The van der Waals surface area contributed by atoms with Gasteiger partial charge in [-0.15, -0.1) is 0 Å². The van der Waals surface area contributed by atoms with Crippen molar-refractivity contribution in [2.75, 3.05) is 0 Å². The summed E-state index contributed by atoms with van der Waals surface area (Å²) in [7, 11) is 0. The fourth-order valence-electron chi connectivity index (χ4n) is 3.68. The number of carbonyl (C=O) groups excluding carboxylic acids is 1. The first-order chi connectivity index (χ1) is 13.2. The Bertz CT molecular complexity index is 1020. The van der Waals surface area contributed by atoms with Gasteiger partial charge in [0, 0.05) is 5.56 Å². The molecule has 28 heavy (non-hydrogen) atoms. The number of benzene rings is 3. The van der Waals surface area contributed by atoms with Gasteiger partial charge < -0.3 is 5.11 Å². The third kappa shape index (κ3) is 3.61. The molecule has 142 valence electrons. The first-order valence-corrected chi connectivity index (χ1v) is 9.26. The smallest absolute Gasteiger partial charge is 0.335 e. The Labute approximate surface area is 165 Å². The van der Waals surface area contributed by atoms with Crippen LogP contribution in [0.3, 0.4) is 0 Å². The second-order valence-corrected chi connectivity index (χ2v) is 7.40. The van der Waals surface area contributed by atoms with Crippen LogP contribution < -0.4 is 0 Å². The van der Waals surface area contributed by atoms with Gasteiger partial charge in [-0.1, -0.05) is 30.3 Å². The van der Waals surface area contributed by atoms with Crippen LogP contribution in [0, 0.1) is 27.7 Å². The van der Waals surface area contributed by atoms with Crippen molar-refractivity contribution in [3.8, 4) is 22.3 Å². The Hall–Kier alpha value is -3.20. The maximum atomic E-state index is 11.6. The number of Topliss-reactive ketones (excluding diaryl/α,β-unsaturated/α-hetero) is 1. The van der Waals surface area contributed by atoms with Crippen molar-refractivity contribution in [2.24, 2.45) is 0 Å². The van der Waals surface area contributed by atoms with Crippen LogP contribution in [0.2, 0.25) is 0 Å². The number of carboxylic acids is 1. The number of carboxylic acid groups (broad SMARTS) is 1. The van der Waals surface area contributed by atoms with E-state index in [9.17, 15) is 14.7 Å². The van der Waals surface area contributed by atoms with Gasteiger partial charge >= 0.3 is 5.97 Å². The maximum Gasteiger partial charge on any atom is 0.335 e. The number of aryl methyl sites for hydroxylation is 4. The van der Waals surface area contributed by atoms with Crippen molar-refractivity contribution in [3.05, 3.63) is 81.9 Å². The highest BCUT2D eigenvalue weighted by Gasteiger charge is 2.14. The molecule has 3 nitrogen and oxygen atoms in total. The van der Waals surface area contributed by atoms with Crippen molar-refractivity contribution in [2.45, 2.75) is 34.6 Å². The zero-order valence-corrected chi connectivity index (χ0v) is 16.9. The Morgan fingerprint density at radius 3 is 1.39 bits per heavy atom. The number of hydrogen-bond acceptors (Lipinski definition) is 2. The minimum atomic E-state index is -0.914. The lowest BCUT2D eigenvalue weighted by molar-refractivity contribution is 0.0696. The molecule has 0 bridgehead atoms. The monoisotopic (exact) mass is 372 g/mol. The van der Waals surface area contributed by atoms with Crippen LogP contribution in [0.5, 0.6) is 0 Å². The highest BCUT2D eigenvalue weighted by molar-refractivity contribution is 5.95. The topological polar surface area (TPSA) is 54.4 Å². The van der Waals surface area contributed by atoms with E-state index in [1.165, 1.54) is 0 Å². The molecule has 0 amide bonds. The van der Waals surface area contributed by atoms with Gasteiger partial charge in [0.1, 0.15) is 0 Å². The molecule has 3 aromatic rings. The van der Waals surface area contributed by atoms with Gasteiger partial charge in [-0.25, -0.2) is 4.79 Å². The van der Waals surface area contributed by atoms with Crippen molar-refractivity contribution < 1.29 is 14.7 Å². The van der Waals surface area contributed by atoms with Gasteiger partial charge in [0.2, 0.25) is 0 Å². The van der Waals surface area contributed by atoms with Crippen molar-refractivity contribution in [3.63, 3.8) is 0 Å². The highest BCUT2D eigenvalue weighted by Crippen LogP contribution is 2.35. The summed E-state index contributed by atoms with van der Waals surface area (Å²) in [6, 6.07) is 15.4. The molecular weight excluding hydrogens is 348 g/mol. The summed E-state index contributed by atoms with van der Waals surface area (Å²) in [4.78, 5) is 22.8. The largest absolute Gasteiger partial charge is 0.478 e. The molecule has 0 fully saturated rings. The first-order valence-electron chi connectivity index (χ1n) is 9.26. The Morgan fingerprint density at radius 2 is 1.00 bits per heavy atom. The van der Waals surface area contributed by atoms with Crippen molar-refractivity contribution in [1.82, 2.24) is 0 Å². The van der Waals surface area contributed by atoms with Crippen molar-refractivity contribution in [1.29, 1.82) is 0 Å².